The van der Waals surface area contributed by atoms with Crippen LogP contribution in [0.1, 0.15) is 11.3 Å². The summed E-state index contributed by atoms with van der Waals surface area (Å²) in [5.41, 5.74) is 3.13. The van der Waals surface area contributed by atoms with Crippen molar-refractivity contribution in [2.45, 2.75) is 18.9 Å². The molecule has 0 saturated heterocycles. The molecule has 86 valence electrons. The second-order valence-corrected chi connectivity index (χ2v) is 4.28. The molecule has 0 saturated carbocycles. The highest BCUT2D eigenvalue weighted by Gasteiger charge is 2.25. The third kappa shape index (κ3) is 1.93. The van der Waals surface area contributed by atoms with Crippen LogP contribution in [0, 0.1) is 0 Å². The van der Waals surface area contributed by atoms with Gasteiger partial charge in [-0.1, -0.05) is 18.2 Å². The van der Waals surface area contributed by atoms with E-state index in [1.54, 1.807) is 12.5 Å². The van der Waals surface area contributed by atoms with Crippen molar-refractivity contribution in [3.05, 3.63) is 48.0 Å². The minimum atomic E-state index is -0.148. The Labute approximate surface area is 99.1 Å². The minimum absolute atomic E-state index is 0.148. The average molecular weight is 227 g/mol. The van der Waals surface area contributed by atoms with Crippen LogP contribution in [0.3, 0.4) is 0 Å². The summed E-state index contributed by atoms with van der Waals surface area (Å²) < 4.78 is 0. The van der Waals surface area contributed by atoms with Gasteiger partial charge in [0.05, 0.1) is 12.4 Å². The maximum absolute atomic E-state index is 12.0. The van der Waals surface area contributed by atoms with Crippen molar-refractivity contribution >= 4 is 11.5 Å². The molecule has 0 aliphatic carbocycles. The van der Waals surface area contributed by atoms with E-state index in [9.17, 15) is 4.79 Å². The van der Waals surface area contributed by atoms with Crippen LogP contribution in [0.15, 0.2) is 36.8 Å². The summed E-state index contributed by atoms with van der Waals surface area (Å²) >= 11 is 0. The average Bonchev–Trinajstić information content (AvgIpc) is 2.83. The van der Waals surface area contributed by atoms with Crippen LogP contribution < -0.4 is 5.32 Å². The van der Waals surface area contributed by atoms with Crippen LogP contribution in [0.25, 0.3) is 0 Å². The van der Waals surface area contributed by atoms with E-state index in [-0.39, 0.29) is 11.8 Å². The predicted molar refractivity (Wildman–Crippen MR) is 64.9 cm³/mol. The molecule has 1 aliphatic heterocycles. The molecule has 3 rings (SSSR count). The van der Waals surface area contributed by atoms with E-state index in [4.69, 9.17) is 0 Å². The summed E-state index contributed by atoms with van der Waals surface area (Å²) in [5, 5.41) is 3.29. The Bertz CT molecular complexity index is 533. The molecule has 0 radical (unpaired) electrons. The van der Waals surface area contributed by atoms with E-state index >= 15 is 0 Å². The number of ketones is 1. The maximum atomic E-state index is 12.0. The highest BCUT2D eigenvalue weighted by atomic mass is 16.1. The van der Waals surface area contributed by atoms with Gasteiger partial charge >= 0.3 is 0 Å². The van der Waals surface area contributed by atoms with Gasteiger partial charge in [0.25, 0.3) is 0 Å². The Morgan fingerprint density at radius 2 is 2.24 bits per heavy atom. The van der Waals surface area contributed by atoms with Gasteiger partial charge in [0.2, 0.25) is 0 Å². The first-order chi connectivity index (χ1) is 8.33. The number of H-pyrrole nitrogens is 1. The zero-order valence-electron chi connectivity index (χ0n) is 9.31. The number of benzene rings is 1. The zero-order chi connectivity index (χ0) is 11.7. The Hall–Kier alpha value is -2.10. The van der Waals surface area contributed by atoms with Crippen LogP contribution >= 0.6 is 0 Å². The lowest BCUT2D eigenvalue weighted by Crippen LogP contribution is -2.37. The predicted octanol–water partition coefficient (Wildman–Crippen LogP) is 1.56. The van der Waals surface area contributed by atoms with E-state index in [0.717, 1.165) is 16.9 Å². The number of carbonyl (C=O) groups is 1. The van der Waals surface area contributed by atoms with Gasteiger partial charge in [-0.05, 0) is 11.6 Å². The zero-order valence-corrected chi connectivity index (χ0v) is 9.31. The van der Waals surface area contributed by atoms with Crippen LogP contribution in [-0.2, 0) is 17.6 Å². The number of para-hydroxylation sites is 1. The van der Waals surface area contributed by atoms with Crippen molar-refractivity contribution in [3.63, 3.8) is 0 Å². The van der Waals surface area contributed by atoms with Crippen LogP contribution in [0.4, 0.5) is 5.69 Å². The van der Waals surface area contributed by atoms with Crippen LogP contribution in [-0.4, -0.2) is 21.8 Å². The molecule has 2 aromatic rings. The molecule has 1 aromatic carbocycles. The van der Waals surface area contributed by atoms with Gasteiger partial charge in [-0.3, -0.25) is 4.79 Å². The highest BCUT2D eigenvalue weighted by molar-refractivity contribution is 5.92. The van der Waals surface area contributed by atoms with Gasteiger partial charge in [0.15, 0.2) is 5.78 Å². The largest absolute Gasteiger partial charge is 0.375 e. The molecule has 0 fully saturated rings. The Balaban J connectivity index is 1.82. The van der Waals surface area contributed by atoms with E-state index in [1.807, 2.05) is 24.3 Å². The van der Waals surface area contributed by atoms with E-state index in [2.05, 4.69) is 15.3 Å². The lowest BCUT2D eigenvalue weighted by atomic mass is 9.94. The molecule has 1 atom stereocenters. The third-order valence-electron chi connectivity index (χ3n) is 3.08. The number of fused-ring (bicyclic) bond motifs is 1. The number of imidazole rings is 1. The molecule has 0 spiro atoms. The fourth-order valence-electron chi connectivity index (χ4n) is 2.18. The summed E-state index contributed by atoms with van der Waals surface area (Å²) in [6.45, 7) is 0. The first-order valence-electron chi connectivity index (χ1n) is 5.67. The standard InChI is InChI=1S/C13H13N3O/c17-13-5-9-3-1-2-4-11(9)16-12(13)6-10-7-14-8-15-10/h1-4,7-8,12,16H,5-6H2,(H,14,15)/t12-/m1/s1. The topological polar surface area (TPSA) is 57.8 Å². The van der Waals surface area contributed by atoms with Gasteiger partial charge in [0.1, 0.15) is 0 Å². The second kappa shape index (κ2) is 4.05. The van der Waals surface area contributed by atoms with E-state index in [1.165, 1.54) is 0 Å². The van der Waals surface area contributed by atoms with Gasteiger partial charge in [0, 0.05) is 30.4 Å². The molecule has 0 unspecified atom stereocenters. The van der Waals surface area contributed by atoms with E-state index in [0.29, 0.717) is 12.8 Å². The number of carbonyl (C=O) groups excluding carboxylic acids is 1. The lowest BCUT2D eigenvalue weighted by Gasteiger charge is -2.25. The van der Waals surface area contributed by atoms with Crippen molar-refractivity contribution in [3.8, 4) is 0 Å². The number of hydrogen-bond donors (Lipinski definition) is 2. The number of nitrogens with zero attached hydrogens (tertiary/aromatic N) is 1. The Kier molecular flexibility index (Phi) is 2.40. The number of rotatable bonds is 2. The van der Waals surface area contributed by atoms with Crippen molar-refractivity contribution in [2.75, 3.05) is 5.32 Å². The minimum Gasteiger partial charge on any atom is -0.375 e. The first kappa shape index (κ1) is 10.1. The number of nitrogens with one attached hydrogen (secondary N) is 2. The van der Waals surface area contributed by atoms with Gasteiger partial charge in [-0.15, -0.1) is 0 Å². The smallest absolute Gasteiger partial charge is 0.159 e. The van der Waals surface area contributed by atoms with Crippen LogP contribution in [0.5, 0.6) is 0 Å². The van der Waals surface area contributed by atoms with Gasteiger partial charge in [-0.2, -0.15) is 0 Å². The molecule has 1 aromatic heterocycles. The molecule has 1 aliphatic rings. The van der Waals surface area contributed by atoms with Crippen molar-refractivity contribution < 1.29 is 4.79 Å². The van der Waals surface area contributed by atoms with Crippen molar-refractivity contribution in [2.24, 2.45) is 0 Å². The monoisotopic (exact) mass is 227 g/mol. The molecule has 17 heavy (non-hydrogen) atoms. The van der Waals surface area contributed by atoms with Gasteiger partial charge in [-0.25, -0.2) is 4.98 Å². The van der Waals surface area contributed by atoms with Crippen LogP contribution in [0.2, 0.25) is 0 Å². The maximum Gasteiger partial charge on any atom is 0.159 e. The molecular weight excluding hydrogens is 214 g/mol. The molecule has 0 bridgehead atoms. The fraction of sp³-hybridized carbons (Fsp3) is 0.231. The second-order valence-electron chi connectivity index (χ2n) is 4.28. The number of Topliss-reactive ketones (excluding diaryl/α,β-unsaturated/α-hetero) is 1. The Morgan fingerprint density at radius 3 is 3.06 bits per heavy atom. The number of anilines is 1. The number of aromatic nitrogens is 2. The third-order valence-corrected chi connectivity index (χ3v) is 3.08. The first-order valence-corrected chi connectivity index (χ1v) is 5.67. The summed E-state index contributed by atoms with van der Waals surface area (Å²) in [4.78, 5) is 19.0. The normalized spacial score (nSPS) is 18.6. The molecule has 2 heterocycles. The number of aromatic amines is 1. The fourth-order valence-corrected chi connectivity index (χ4v) is 2.18. The molecule has 0 amide bonds. The van der Waals surface area contributed by atoms with Gasteiger partial charge < -0.3 is 10.3 Å². The molecule has 2 N–H and O–H groups in total. The molecule has 4 heteroatoms. The van der Waals surface area contributed by atoms with Crippen molar-refractivity contribution in [1.82, 2.24) is 9.97 Å². The summed E-state index contributed by atoms with van der Waals surface area (Å²) in [5.74, 6) is 0.235. The molecular formula is C13H13N3O. The van der Waals surface area contributed by atoms with E-state index < -0.39 is 0 Å². The summed E-state index contributed by atoms with van der Waals surface area (Å²) in [6, 6.07) is 7.80. The number of hydrogen-bond acceptors (Lipinski definition) is 3. The summed E-state index contributed by atoms with van der Waals surface area (Å²) in [7, 11) is 0. The van der Waals surface area contributed by atoms with Crippen molar-refractivity contribution in [1.29, 1.82) is 0 Å². The quantitative estimate of drug-likeness (QED) is 0.818. The Morgan fingerprint density at radius 1 is 1.35 bits per heavy atom. The molecule has 4 nitrogen and oxygen atoms in total. The lowest BCUT2D eigenvalue weighted by molar-refractivity contribution is -0.119. The SMILES string of the molecule is O=C1Cc2ccccc2N[C@@H]1Cc1cnc[nH]1. The summed E-state index contributed by atoms with van der Waals surface area (Å²) in [6.07, 6.45) is 4.57. The highest BCUT2D eigenvalue weighted by Crippen LogP contribution is 2.23.